The summed E-state index contributed by atoms with van der Waals surface area (Å²) >= 11 is 0. The van der Waals surface area contributed by atoms with Crippen molar-refractivity contribution in [2.24, 2.45) is 0 Å². The van der Waals surface area contributed by atoms with Gasteiger partial charge in [0.2, 0.25) is 0 Å². The van der Waals surface area contributed by atoms with Crippen LogP contribution >= 0.6 is 7.82 Å². The number of aromatic carboxylic acids is 1. The molecule has 0 heterocycles. The Morgan fingerprint density at radius 3 is 2.25 bits per heavy atom. The average molecular weight is 355 g/mol. The Balaban J connectivity index is 3.02. The number of hydrogen-bond acceptors (Lipinski definition) is 6. The van der Waals surface area contributed by atoms with Gasteiger partial charge in [-0.05, 0) is 31.0 Å². The number of unbranched alkanes of at least 4 members (excludes halogenated alkanes) is 2. The van der Waals surface area contributed by atoms with Crippen molar-refractivity contribution in [3.63, 3.8) is 0 Å². The lowest BCUT2D eigenvalue weighted by Crippen LogP contribution is -2.08. The molecule has 0 aliphatic rings. The Labute approximate surface area is 141 Å². The number of carbonyl (C=O) groups is 1. The number of carboxylic acids is 1. The number of nitriles is 1. The molecule has 24 heavy (non-hydrogen) atoms. The maximum Gasteiger partial charge on any atom is 0.530 e. The topological polar surface area (TPSA) is 106 Å². The van der Waals surface area contributed by atoms with Crippen LogP contribution in [-0.4, -0.2) is 24.3 Å². The van der Waals surface area contributed by atoms with E-state index < -0.39 is 13.8 Å². The van der Waals surface area contributed by atoms with Crippen LogP contribution < -0.4 is 4.52 Å². The van der Waals surface area contributed by atoms with Gasteiger partial charge in [-0.25, -0.2) is 9.36 Å². The Hall–Kier alpha value is -1.87. The minimum atomic E-state index is -3.94. The number of rotatable bonds is 11. The van der Waals surface area contributed by atoms with Crippen LogP contribution in [0.2, 0.25) is 0 Å². The fourth-order valence-corrected chi connectivity index (χ4v) is 2.98. The summed E-state index contributed by atoms with van der Waals surface area (Å²) < 4.78 is 28.6. The van der Waals surface area contributed by atoms with Crippen molar-refractivity contribution in [3.8, 4) is 11.8 Å². The van der Waals surface area contributed by atoms with E-state index in [1.165, 1.54) is 12.1 Å². The molecule has 0 aliphatic heterocycles. The van der Waals surface area contributed by atoms with Crippen molar-refractivity contribution in [1.29, 1.82) is 5.26 Å². The van der Waals surface area contributed by atoms with Crippen LogP contribution in [0.1, 0.15) is 55.5 Å². The van der Waals surface area contributed by atoms with Gasteiger partial charge in [-0.15, -0.1) is 0 Å². The lowest BCUT2D eigenvalue weighted by molar-refractivity contribution is 0.0694. The van der Waals surface area contributed by atoms with Crippen molar-refractivity contribution in [1.82, 2.24) is 0 Å². The van der Waals surface area contributed by atoms with E-state index in [2.05, 4.69) is 0 Å². The van der Waals surface area contributed by atoms with Gasteiger partial charge in [0.05, 0.1) is 24.8 Å². The second-order valence-corrected chi connectivity index (χ2v) is 6.63. The molecule has 0 spiro atoms. The number of hydrogen-bond donors (Lipinski definition) is 1. The van der Waals surface area contributed by atoms with E-state index in [9.17, 15) is 14.5 Å². The van der Waals surface area contributed by atoms with E-state index >= 15 is 0 Å². The smallest absolute Gasteiger partial charge is 0.478 e. The number of carboxylic acid groups (broad SMARTS) is 1. The maximum absolute atomic E-state index is 12.7. The van der Waals surface area contributed by atoms with Gasteiger partial charge in [-0.1, -0.05) is 26.7 Å². The third-order valence-electron chi connectivity index (χ3n) is 3.04. The van der Waals surface area contributed by atoms with E-state index in [-0.39, 0.29) is 30.1 Å². The molecule has 1 aromatic carbocycles. The van der Waals surface area contributed by atoms with Crippen molar-refractivity contribution in [3.05, 3.63) is 29.3 Å². The third kappa shape index (κ3) is 6.32. The summed E-state index contributed by atoms with van der Waals surface area (Å²) in [7, 11) is -3.94. The first-order chi connectivity index (χ1) is 11.5. The zero-order valence-electron chi connectivity index (χ0n) is 13.9. The minimum Gasteiger partial charge on any atom is -0.478 e. The first-order valence-electron chi connectivity index (χ1n) is 7.82. The molecule has 0 aliphatic carbocycles. The highest BCUT2D eigenvalue weighted by Crippen LogP contribution is 2.50. The second-order valence-electron chi connectivity index (χ2n) is 5.04. The molecule has 1 N–H and O–H groups in total. The second kappa shape index (κ2) is 10.1. The van der Waals surface area contributed by atoms with E-state index in [4.69, 9.17) is 18.8 Å². The highest BCUT2D eigenvalue weighted by Gasteiger charge is 2.30. The standard InChI is InChI=1S/C16H22NO6P/c1-3-5-9-21-24(20,22-10-6-4-2)23-15-8-7-13(12-17)11-14(15)16(18)19/h7-8,11H,3-6,9-10H2,1-2H3,(H,18,19). The molecule has 132 valence electrons. The molecular weight excluding hydrogens is 333 g/mol. The molecule has 0 saturated heterocycles. The lowest BCUT2D eigenvalue weighted by atomic mass is 10.1. The Kier molecular flexibility index (Phi) is 8.48. The molecule has 0 fully saturated rings. The fourth-order valence-electron chi connectivity index (χ4n) is 1.70. The van der Waals surface area contributed by atoms with E-state index in [1.807, 2.05) is 19.9 Å². The van der Waals surface area contributed by atoms with Crippen molar-refractivity contribution < 1.29 is 28.0 Å². The molecular formula is C16H22NO6P. The molecule has 8 heteroatoms. The number of phosphoric ester groups is 1. The van der Waals surface area contributed by atoms with Crippen LogP contribution in [0.3, 0.4) is 0 Å². The Bertz CT molecular complexity index is 626. The van der Waals surface area contributed by atoms with Crippen molar-refractivity contribution in [2.45, 2.75) is 39.5 Å². The van der Waals surface area contributed by atoms with Gasteiger partial charge in [0, 0.05) is 0 Å². The molecule has 0 atom stereocenters. The first-order valence-corrected chi connectivity index (χ1v) is 9.28. The molecule has 0 radical (unpaired) electrons. The monoisotopic (exact) mass is 355 g/mol. The number of nitrogens with zero attached hydrogens (tertiary/aromatic N) is 1. The summed E-state index contributed by atoms with van der Waals surface area (Å²) in [5.41, 5.74) is -0.110. The van der Waals surface area contributed by atoms with E-state index in [0.29, 0.717) is 12.8 Å². The van der Waals surface area contributed by atoms with Crippen LogP contribution in [0.5, 0.6) is 5.75 Å². The molecule has 0 saturated carbocycles. The molecule has 0 unspecified atom stereocenters. The van der Waals surface area contributed by atoms with Gasteiger partial charge in [0.25, 0.3) is 0 Å². The highest BCUT2D eigenvalue weighted by atomic mass is 31.2. The molecule has 0 bridgehead atoms. The average Bonchev–Trinajstić information content (AvgIpc) is 2.55. The van der Waals surface area contributed by atoms with Gasteiger partial charge in [-0.3, -0.25) is 9.05 Å². The predicted octanol–water partition coefficient (Wildman–Crippen LogP) is 4.38. The predicted molar refractivity (Wildman–Crippen MR) is 88.1 cm³/mol. The SMILES string of the molecule is CCCCOP(=O)(OCCCC)Oc1ccc(C#N)cc1C(=O)O. The Morgan fingerprint density at radius 1 is 1.21 bits per heavy atom. The van der Waals surface area contributed by atoms with Crippen LogP contribution in [0.25, 0.3) is 0 Å². The highest BCUT2D eigenvalue weighted by molar-refractivity contribution is 7.48. The zero-order valence-corrected chi connectivity index (χ0v) is 14.8. The summed E-state index contributed by atoms with van der Waals surface area (Å²) in [5, 5.41) is 18.1. The van der Waals surface area contributed by atoms with Gasteiger partial charge in [0.1, 0.15) is 11.3 Å². The molecule has 7 nitrogen and oxygen atoms in total. The van der Waals surface area contributed by atoms with E-state index in [1.54, 1.807) is 0 Å². The van der Waals surface area contributed by atoms with Crippen molar-refractivity contribution in [2.75, 3.05) is 13.2 Å². The van der Waals surface area contributed by atoms with Gasteiger partial charge in [-0.2, -0.15) is 5.26 Å². The van der Waals surface area contributed by atoms with Gasteiger partial charge >= 0.3 is 13.8 Å². The molecule has 0 amide bonds. The largest absolute Gasteiger partial charge is 0.530 e. The van der Waals surface area contributed by atoms with Gasteiger partial charge < -0.3 is 9.63 Å². The summed E-state index contributed by atoms with van der Waals surface area (Å²) in [6.45, 7) is 4.27. The lowest BCUT2D eigenvalue weighted by Gasteiger charge is -2.19. The van der Waals surface area contributed by atoms with Crippen LogP contribution in [0.4, 0.5) is 0 Å². The first kappa shape index (κ1) is 20.2. The quantitative estimate of drug-likeness (QED) is 0.464. The summed E-state index contributed by atoms with van der Waals surface area (Å²) in [5.74, 6) is -1.45. The summed E-state index contributed by atoms with van der Waals surface area (Å²) in [6.07, 6.45) is 3.02. The third-order valence-corrected chi connectivity index (χ3v) is 4.46. The van der Waals surface area contributed by atoms with Crippen LogP contribution in [-0.2, 0) is 13.6 Å². The minimum absolute atomic E-state index is 0.155. The van der Waals surface area contributed by atoms with Crippen LogP contribution in [0, 0.1) is 11.3 Å². The number of phosphoric acid groups is 1. The van der Waals surface area contributed by atoms with E-state index in [0.717, 1.165) is 18.9 Å². The molecule has 1 aromatic rings. The fraction of sp³-hybridized carbons (Fsp3) is 0.500. The Morgan fingerprint density at radius 2 is 1.79 bits per heavy atom. The zero-order chi connectivity index (χ0) is 18.0. The number of benzene rings is 1. The molecule has 1 rings (SSSR count). The maximum atomic E-state index is 12.7. The van der Waals surface area contributed by atoms with Crippen LogP contribution in [0.15, 0.2) is 18.2 Å². The summed E-state index contributed by atoms with van der Waals surface area (Å²) in [4.78, 5) is 11.3. The van der Waals surface area contributed by atoms with Gasteiger partial charge in [0.15, 0.2) is 0 Å². The normalized spacial score (nSPS) is 11.0. The summed E-state index contributed by atoms with van der Waals surface area (Å²) in [6, 6.07) is 5.66. The molecule has 0 aromatic heterocycles. The van der Waals surface area contributed by atoms with Crippen molar-refractivity contribution >= 4 is 13.8 Å².